The molecule has 0 atom stereocenters. The molecule has 0 amide bonds. The summed E-state index contributed by atoms with van der Waals surface area (Å²) in [6.45, 7) is 2.32. The second-order valence-corrected chi connectivity index (χ2v) is 4.29. The molecule has 0 spiro atoms. The highest BCUT2D eigenvalue weighted by Crippen LogP contribution is 2.21. The summed E-state index contributed by atoms with van der Waals surface area (Å²) >= 11 is 0. The van der Waals surface area contributed by atoms with Gasteiger partial charge in [0, 0.05) is 5.56 Å². The molecule has 104 valence electrons. The van der Waals surface area contributed by atoms with E-state index in [1.54, 1.807) is 13.2 Å². The Morgan fingerprint density at radius 3 is 2.70 bits per heavy atom. The summed E-state index contributed by atoms with van der Waals surface area (Å²) in [5.74, 6) is 0.209. The first-order valence-corrected chi connectivity index (χ1v) is 6.06. The Kier molecular flexibility index (Phi) is 4.20. The molecule has 5 nitrogen and oxygen atoms in total. The number of benzene rings is 1. The first-order chi connectivity index (χ1) is 9.60. The average Bonchev–Trinajstić information content (AvgIpc) is 2.45. The van der Waals surface area contributed by atoms with E-state index in [-0.39, 0.29) is 5.69 Å². The van der Waals surface area contributed by atoms with Crippen molar-refractivity contribution in [1.29, 1.82) is 0 Å². The third-order valence-corrected chi connectivity index (χ3v) is 2.79. The van der Waals surface area contributed by atoms with Gasteiger partial charge in [0.15, 0.2) is 0 Å². The first-order valence-electron chi connectivity index (χ1n) is 6.06. The van der Waals surface area contributed by atoms with Crippen LogP contribution in [0.5, 0.6) is 11.5 Å². The smallest absolute Gasteiger partial charge is 0.354 e. The van der Waals surface area contributed by atoms with E-state index in [1.807, 2.05) is 25.1 Å². The van der Waals surface area contributed by atoms with Crippen LogP contribution in [0.2, 0.25) is 0 Å². The van der Waals surface area contributed by atoms with Gasteiger partial charge in [0.2, 0.25) is 0 Å². The van der Waals surface area contributed by atoms with Crippen molar-refractivity contribution >= 4 is 5.97 Å². The molecular weight excluding hydrogens is 258 g/mol. The minimum atomic E-state index is -1.06. The van der Waals surface area contributed by atoms with Crippen molar-refractivity contribution < 1.29 is 19.4 Å². The summed E-state index contributed by atoms with van der Waals surface area (Å²) in [5.41, 5.74) is 2.03. The number of carboxylic acid groups (broad SMARTS) is 1. The van der Waals surface area contributed by atoms with Crippen LogP contribution in [-0.4, -0.2) is 23.2 Å². The molecule has 1 aromatic carbocycles. The molecule has 0 unspecified atom stereocenters. The molecule has 2 rings (SSSR count). The van der Waals surface area contributed by atoms with Crippen molar-refractivity contribution in [3.63, 3.8) is 0 Å². The van der Waals surface area contributed by atoms with Gasteiger partial charge in [0.1, 0.15) is 23.8 Å². The highest BCUT2D eigenvalue weighted by Gasteiger charge is 2.06. The average molecular weight is 273 g/mol. The monoisotopic (exact) mass is 273 g/mol. The van der Waals surface area contributed by atoms with Crippen LogP contribution in [0, 0.1) is 6.92 Å². The van der Waals surface area contributed by atoms with Gasteiger partial charge in [-0.15, -0.1) is 0 Å². The summed E-state index contributed by atoms with van der Waals surface area (Å²) in [6, 6.07) is 8.83. The van der Waals surface area contributed by atoms with E-state index in [0.29, 0.717) is 12.4 Å². The zero-order chi connectivity index (χ0) is 14.5. The molecular formula is C15H15NO4. The van der Waals surface area contributed by atoms with E-state index in [2.05, 4.69) is 4.98 Å². The van der Waals surface area contributed by atoms with Crippen LogP contribution >= 0.6 is 0 Å². The third kappa shape index (κ3) is 3.26. The van der Waals surface area contributed by atoms with Crippen molar-refractivity contribution in [2.24, 2.45) is 0 Å². The number of rotatable bonds is 5. The Morgan fingerprint density at radius 2 is 2.10 bits per heavy atom. The zero-order valence-electron chi connectivity index (χ0n) is 11.3. The summed E-state index contributed by atoms with van der Waals surface area (Å²) in [6.07, 6.45) is 1.39. The van der Waals surface area contributed by atoms with Gasteiger partial charge in [0.25, 0.3) is 0 Å². The Hall–Kier alpha value is -2.56. The minimum absolute atomic E-state index is 0.00881. The van der Waals surface area contributed by atoms with Crippen molar-refractivity contribution in [2.75, 3.05) is 7.11 Å². The zero-order valence-corrected chi connectivity index (χ0v) is 11.3. The Morgan fingerprint density at radius 1 is 1.30 bits per heavy atom. The maximum absolute atomic E-state index is 10.7. The minimum Gasteiger partial charge on any atom is -0.496 e. The van der Waals surface area contributed by atoms with Crippen molar-refractivity contribution in [3.05, 3.63) is 53.3 Å². The van der Waals surface area contributed by atoms with Gasteiger partial charge in [-0.25, -0.2) is 9.78 Å². The SMILES string of the molecule is COc1ccc(C)cc1COc1ccc(C(=O)O)nc1. The van der Waals surface area contributed by atoms with Crippen LogP contribution in [-0.2, 0) is 6.61 Å². The lowest BCUT2D eigenvalue weighted by molar-refractivity contribution is 0.0690. The number of hydrogen-bond donors (Lipinski definition) is 1. The van der Waals surface area contributed by atoms with Crippen LogP contribution in [0.4, 0.5) is 0 Å². The fraction of sp³-hybridized carbons (Fsp3) is 0.200. The van der Waals surface area contributed by atoms with Crippen LogP contribution in [0.3, 0.4) is 0 Å². The number of carbonyl (C=O) groups is 1. The summed E-state index contributed by atoms with van der Waals surface area (Å²) in [4.78, 5) is 14.5. The van der Waals surface area contributed by atoms with Gasteiger partial charge in [-0.2, -0.15) is 0 Å². The highest BCUT2D eigenvalue weighted by atomic mass is 16.5. The molecule has 1 aromatic heterocycles. The van der Waals surface area contributed by atoms with Crippen LogP contribution in [0.15, 0.2) is 36.5 Å². The topological polar surface area (TPSA) is 68.7 Å². The lowest BCUT2D eigenvalue weighted by atomic mass is 10.1. The van der Waals surface area contributed by atoms with Gasteiger partial charge >= 0.3 is 5.97 Å². The molecule has 0 bridgehead atoms. The molecule has 1 heterocycles. The quantitative estimate of drug-likeness (QED) is 0.907. The number of carboxylic acids is 1. The van der Waals surface area contributed by atoms with Crippen LogP contribution in [0.1, 0.15) is 21.6 Å². The highest BCUT2D eigenvalue weighted by molar-refractivity contribution is 5.85. The molecule has 1 N–H and O–H groups in total. The second-order valence-electron chi connectivity index (χ2n) is 4.29. The van der Waals surface area contributed by atoms with Gasteiger partial charge in [-0.1, -0.05) is 11.6 Å². The number of nitrogens with zero attached hydrogens (tertiary/aromatic N) is 1. The summed E-state index contributed by atoms with van der Waals surface area (Å²) < 4.78 is 10.9. The fourth-order valence-corrected chi connectivity index (χ4v) is 1.77. The molecule has 0 radical (unpaired) electrons. The number of ether oxygens (including phenoxy) is 2. The summed E-state index contributed by atoms with van der Waals surface area (Å²) in [5, 5.41) is 8.76. The Bertz CT molecular complexity index is 608. The fourth-order valence-electron chi connectivity index (χ4n) is 1.77. The van der Waals surface area contributed by atoms with E-state index in [0.717, 1.165) is 16.9 Å². The second kappa shape index (κ2) is 6.06. The molecule has 0 aliphatic carbocycles. The van der Waals surface area contributed by atoms with Crippen molar-refractivity contribution in [1.82, 2.24) is 4.98 Å². The molecule has 0 saturated heterocycles. The van der Waals surface area contributed by atoms with Crippen LogP contribution < -0.4 is 9.47 Å². The van der Waals surface area contributed by atoms with Crippen molar-refractivity contribution in [2.45, 2.75) is 13.5 Å². The number of aromatic carboxylic acids is 1. The predicted octanol–water partition coefficient (Wildman–Crippen LogP) is 2.68. The molecule has 5 heteroatoms. The lowest BCUT2D eigenvalue weighted by Gasteiger charge is -2.11. The van der Waals surface area contributed by atoms with E-state index in [1.165, 1.54) is 12.3 Å². The number of aryl methyl sites for hydroxylation is 1. The Balaban J connectivity index is 2.08. The lowest BCUT2D eigenvalue weighted by Crippen LogP contribution is -2.02. The number of methoxy groups -OCH3 is 1. The molecule has 0 fully saturated rings. The first kappa shape index (κ1) is 13.9. The summed E-state index contributed by atoms with van der Waals surface area (Å²) in [7, 11) is 1.61. The van der Waals surface area contributed by atoms with E-state index >= 15 is 0 Å². The number of hydrogen-bond acceptors (Lipinski definition) is 4. The normalized spacial score (nSPS) is 10.1. The van der Waals surface area contributed by atoms with Gasteiger partial charge in [0.05, 0.1) is 13.3 Å². The van der Waals surface area contributed by atoms with E-state index in [9.17, 15) is 4.79 Å². The Labute approximate surface area is 116 Å². The molecule has 2 aromatic rings. The standard InChI is InChI=1S/C15H15NO4/c1-10-3-6-14(19-2)11(7-10)9-20-12-4-5-13(15(17)18)16-8-12/h3-8H,9H2,1-2H3,(H,17,18). The number of pyridine rings is 1. The van der Waals surface area contributed by atoms with E-state index in [4.69, 9.17) is 14.6 Å². The van der Waals surface area contributed by atoms with Gasteiger partial charge < -0.3 is 14.6 Å². The van der Waals surface area contributed by atoms with Gasteiger partial charge in [-0.05, 0) is 31.2 Å². The van der Waals surface area contributed by atoms with E-state index < -0.39 is 5.97 Å². The molecule has 0 aliphatic rings. The maximum Gasteiger partial charge on any atom is 0.354 e. The van der Waals surface area contributed by atoms with Crippen molar-refractivity contribution in [3.8, 4) is 11.5 Å². The molecule has 0 saturated carbocycles. The largest absolute Gasteiger partial charge is 0.496 e. The molecule has 20 heavy (non-hydrogen) atoms. The van der Waals surface area contributed by atoms with Gasteiger partial charge in [-0.3, -0.25) is 0 Å². The predicted molar refractivity (Wildman–Crippen MR) is 73.3 cm³/mol. The third-order valence-electron chi connectivity index (χ3n) is 2.79. The molecule has 0 aliphatic heterocycles. The van der Waals surface area contributed by atoms with Crippen LogP contribution in [0.25, 0.3) is 0 Å². The maximum atomic E-state index is 10.7. The number of aromatic nitrogens is 1.